The van der Waals surface area contributed by atoms with Crippen molar-refractivity contribution in [1.29, 1.82) is 0 Å². The second kappa shape index (κ2) is 15.1. The minimum atomic E-state index is -4.95. The zero-order valence-corrected chi connectivity index (χ0v) is 16.0. The smallest absolute Gasteiger partial charge is 0.716 e. The quantitative estimate of drug-likeness (QED) is 0.237. The van der Waals surface area contributed by atoms with Crippen LogP contribution in [-0.4, -0.2) is 25.6 Å². The normalized spacial score (nSPS) is 10.8. The van der Waals surface area contributed by atoms with Crippen molar-refractivity contribution in [3.05, 3.63) is 0 Å². The largest absolute Gasteiger partial charge is 1.00 e. The van der Waals surface area contributed by atoms with E-state index in [4.69, 9.17) is 0 Å². The van der Waals surface area contributed by atoms with Gasteiger partial charge in [-0.15, -0.1) is 0 Å². The fourth-order valence-electron chi connectivity index (χ4n) is 1.93. The summed E-state index contributed by atoms with van der Waals surface area (Å²) in [4.78, 5) is 10.8. The molecule has 0 saturated heterocycles. The van der Waals surface area contributed by atoms with Gasteiger partial charge in [-0.3, -0.25) is 0 Å². The molecule has 6 nitrogen and oxygen atoms in total. The van der Waals surface area contributed by atoms with Gasteiger partial charge in [-0.1, -0.05) is 64.7 Å². The first kappa shape index (κ1) is 23.4. The monoisotopic (exact) mass is 331 g/mol. The molecule has 0 aliphatic rings. The Hall–Kier alpha value is 0.180. The van der Waals surface area contributed by atoms with Crippen LogP contribution < -0.4 is 34.9 Å². The molecule has 0 rings (SSSR count). The van der Waals surface area contributed by atoms with Gasteiger partial charge < -0.3 is 14.1 Å². The third kappa shape index (κ3) is 20.2. The summed E-state index contributed by atoms with van der Waals surface area (Å²) in [5.74, 6) is 0. The van der Waals surface area contributed by atoms with E-state index in [2.05, 4.69) is 16.4 Å². The topological polar surface area (TPSA) is 95.5 Å². The predicted molar refractivity (Wildman–Crippen MR) is 76.0 cm³/mol. The van der Waals surface area contributed by atoms with Crippen LogP contribution in [0.4, 0.5) is 4.79 Å². The van der Waals surface area contributed by atoms with E-state index >= 15 is 0 Å². The molecule has 120 valence electrons. The van der Waals surface area contributed by atoms with Crippen molar-refractivity contribution < 1.29 is 51.5 Å². The molecule has 0 aromatic rings. The molecule has 1 amide bonds. The first-order valence-corrected chi connectivity index (χ1v) is 8.72. The molecule has 1 N–H and O–H groups in total. The molecule has 0 aliphatic carbocycles. The van der Waals surface area contributed by atoms with Gasteiger partial charge in [0, 0.05) is 6.54 Å². The number of carbonyl (C=O) groups excluding carboxylic acids is 1. The molecule has 8 heteroatoms. The summed E-state index contributed by atoms with van der Waals surface area (Å²) >= 11 is 0. The maximum atomic E-state index is 10.8. The number of amides is 1. The van der Waals surface area contributed by atoms with Gasteiger partial charge in [0.15, 0.2) is 0 Å². The predicted octanol–water partition coefficient (Wildman–Crippen LogP) is 0.0977. The van der Waals surface area contributed by atoms with Gasteiger partial charge in [-0.05, 0) is 6.42 Å². The Balaban J connectivity index is 0. The summed E-state index contributed by atoms with van der Waals surface area (Å²) in [6, 6.07) is 0. The third-order valence-electron chi connectivity index (χ3n) is 2.98. The first-order chi connectivity index (χ1) is 9.45. The molecule has 0 saturated carbocycles. The van der Waals surface area contributed by atoms with E-state index in [0.717, 1.165) is 19.3 Å². The second-order valence-electron chi connectivity index (χ2n) is 4.89. The van der Waals surface area contributed by atoms with Gasteiger partial charge in [0.1, 0.15) is 0 Å². The van der Waals surface area contributed by atoms with E-state index in [0.29, 0.717) is 6.54 Å². The SMILES string of the molecule is CCCCCCCCCCCCNC(=O)OS(=O)(=O)[O-].[Na+]. The third-order valence-corrected chi connectivity index (χ3v) is 3.33. The van der Waals surface area contributed by atoms with E-state index in [1.165, 1.54) is 44.9 Å². The Bertz CT molecular complexity index is 348. The number of rotatable bonds is 12. The standard InChI is InChI=1S/C13H27NO5S.Na/c1-2-3-4-5-6-7-8-9-10-11-12-14-13(15)19-20(16,17)18;/h2-12H2,1H3,(H,14,15)(H,16,17,18);/q;+1/p-1. The Morgan fingerprint density at radius 1 is 0.952 bits per heavy atom. The Kier molecular flexibility index (Phi) is 16.8. The molecule has 0 radical (unpaired) electrons. The zero-order chi connectivity index (χ0) is 15.3. The van der Waals surface area contributed by atoms with Gasteiger partial charge in [-0.2, -0.15) is 0 Å². The van der Waals surface area contributed by atoms with Crippen molar-refractivity contribution in [3.63, 3.8) is 0 Å². The van der Waals surface area contributed by atoms with Crippen LogP contribution in [0.2, 0.25) is 0 Å². The van der Waals surface area contributed by atoms with Gasteiger partial charge in [0.2, 0.25) is 0 Å². The minimum absolute atomic E-state index is 0. The van der Waals surface area contributed by atoms with Crippen molar-refractivity contribution in [3.8, 4) is 0 Å². The van der Waals surface area contributed by atoms with E-state index in [1.54, 1.807) is 0 Å². The Labute approximate surface area is 150 Å². The number of hydrogen-bond donors (Lipinski definition) is 1. The van der Waals surface area contributed by atoms with Crippen molar-refractivity contribution in [2.24, 2.45) is 0 Å². The van der Waals surface area contributed by atoms with Gasteiger partial charge in [-0.25, -0.2) is 13.2 Å². The van der Waals surface area contributed by atoms with Crippen LogP contribution in [0.25, 0.3) is 0 Å². The maximum Gasteiger partial charge on any atom is 1.00 e. The summed E-state index contributed by atoms with van der Waals surface area (Å²) in [5, 5.41) is 2.22. The molecule has 0 heterocycles. The van der Waals surface area contributed by atoms with E-state index in [1.807, 2.05) is 0 Å². The Morgan fingerprint density at radius 2 is 1.38 bits per heavy atom. The van der Waals surface area contributed by atoms with Crippen molar-refractivity contribution >= 4 is 16.5 Å². The summed E-state index contributed by atoms with van der Waals surface area (Å²) in [7, 11) is -4.95. The summed E-state index contributed by atoms with van der Waals surface area (Å²) in [5.41, 5.74) is 0. The van der Waals surface area contributed by atoms with Crippen LogP contribution in [0.1, 0.15) is 71.1 Å². The van der Waals surface area contributed by atoms with Crippen LogP contribution >= 0.6 is 0 Å². The molecular formula is C13H26NNaO5S. The van der Waals surface area contributed by atoms with Gasteiger partial charge >= 0.3 is 35.7 Å². The molecule has 0 spiro atoms. The second-order valence-corrected chi connectivity index (χ2v) is 5.87. The molecule has 21 heavy (non-hydrogen) atoms. The Morgan fingerprint density at radius 3 is 1.81 bits per heavy atom. The van der Waals surface area contributed by atoms with Crippen molar-refractivity contribution in [2.45, 2.75) is 71.1 Å². The summed E-state index contributed by atoms with van der Waals surface area (Å²) < 4.78 is 33.9. The van der Waals surface area contributed by atoms with E-state index in [9.17, 15) is 17.8 Å². The van der Waals surface area contributed by atoms with Crippen LogP contribution in [0.5, 0.6) is 0 Å². The fraction of sp³-hybridized carbons (Fsp3) is 0.923. The zero-order valence-electron chi connectivity index (χ0n) is 13.2. The molecule has 0 fully saturated rings. The van der Waals surface area contributed by atoms with Gasteiger partial charge in [0.05, 0.1) is 0 Å². The molecule has 0 unspecified atom stereocenters. The van der Waals surface area contributed by atoms with Crippen molar-refractivity contribution in [2.75, 3.05) is 6.54 Å². The maximum absolute atomic E-state index is 10.8. The van der Waals surface area contributed by atoms with Crippen LogP contribution in [0, 0.1) is 0 Å². The average Bonchev–Trinajstić information content (AvgIpc) is 2.34. The average molecular weight is 331 g/mol. The number of carbonyl (C=O) groups is 1. The van der Waals surface area contributed by atoms with E-state index < -0.39 is 16.5 Å². The number of nitrogens with one attached hydrogen (secondary N) is 1. The van der Waals surface area contributed by atoms with Crippen molar-refractivity contribution in [1.82, 2.24) is 5.32 Å². The van der Waals surface area contributed by atoms with Crippen LogP contribution in [0.3, 0.4) is 0 Å². The summed E-state index contributed by atoms with van der Waals surface area (Å²) in [6.45, 7) is 2.53. The summed E-state index contributed by atoms with van der Waals surface area (Å²) in [6.07, 6.45) is 10.6. The molecule has 0 atom stereocenters. The molecule has 0 aliphatic heterocycles. The molecule has 0 aromatic carbocycles. The van der Waals surface area contributed by atoms with E-state index in [-0.39, 0.29) is 29.6 Å². The number of unbranched alkanes of at least 4 members (excludes halogenated alkanes) is 9. The minimum Gasteiger partial charge on any atom is -0.716 e. The van der Waals surface area contributed by atoms with Crippen LogP contribution in [-0.2, 0) is 14.6 Å². The fourth-order valence-corrected chi connectivity index (χ4v) is 2.17. The molecule has 0 aromatic heterocycles. The number of hydrogen-bond acceptors (Lipinski definition) is 5. The van der Waals surface area contributed by atoms with Crippen LogP contribution in [0.15, 0.2) is 0 Å². The van der Waals surface area contributed by atoms with Gasteiger partial charge in [0.25, 0.3) is 10.4 Å². The first-order valence-electron chi connectivity index (χ1n) is 7.39. The molecular weight excluding hydrogens is 305 g/mol. The molecule has 0 bridgehead atoms.